The molecule has 30 heavy (non-hydrogen) atoms. The Kier molecular flexibility index (Phi) is 5.81. The summed E-state index contributed by atoms with van der Waals surface area (Å²) in [5, 5.41) is 2.07. The lowest BCUT2D eigenvalue weighted by atomic mass is 9.98. The molecule has 1 amide bonds. The van der Waals surface area contributed by atoms with E-state index >= 15 is 0 Å². The number of nitrogens with one attached hydrogen (secondary N) is 1. The Labute approximate surface area is 177 Å². The zero-order chi connectivity index (χ0) is 21.1. The smallest absolute Gasteiger partial charge is 0.407 e. The second kappa shape index (κ2) is 8.67. The summed E-state index contributed by atoms with van der Waals surface area (Å²) < 4.78 is 32.3. The van der Waals surface area contributed by atoms with Crippen LogP contribution < -0.4 is 5.32 Å². The molecule has 3 aromatic rings. The Morgan fingerprint density at radius 3 is 2.17 bits per heavy atom. The van der Waals surface area contributed by atoms with Gasteiger partial charge < -0.3 is 10.1 Å². The highest BCUT2D eigenvalue weighted by molar-refractivity contribution is 6.30. The SMILES string of the molecule is O=C(NCC=Cc1cc(F)c(Cl)c(F)c1)OCC1c2ccccc2-c2ccccc21. The van der Waals surface area contributed by atoms with Crippen molar-refractivity contribution in [2.75, 3.05) is 13.2 Å². The lowest BCUT2D eigenvalue weighted by Crippen LogP contribution is -2.26. The quantitative estimate of drug-likeness (QED) is 0.496. The Hall–Kier alpha value is -3.18. The first-order valence-corrected chi connectivity index (χ1v) is 9.82. The van der Waals surface area contributed by atoms with Gasteiger partial charge in [-0.25, -0.2) is 13.6 Å². The highest BCUT2D eigenvalue weighted by atomic mass is 35.5. The molecule has 3 nitrogen and oxygen atoms in total. The van der Waals surface area contributed by atoms with Crippen LogP contribution in [0.3, 0.4) is 0 Å². The van der Waals surface area contributed by atoms with Gasteiger partial charge in [-0.1, -0.05) is 72.3 Å². The monoisotopic (exact) mass is 425 g/mol. The summed E-state index contributed by atoms with van der Waals surface area (Å²) >= 11 is 5.46. The summed E-state index contributed by atoms with van der Waals surface area (Å²) in [5.74, 6) is -1.68. The molecular formula is C24H18ClF2NO2. The molecule has 1 aliphatic rings. The van der Waals surface area contributed by atoms with E-state index in [1.807, 2.05) is 36.4 Å². The van der Waals surface area contributed by atoms with Crippen molar-refractivity contribution in [2.24, 2.45) is 0 Å². The lowest BCUT2D eigenvalue weighted by Gasteiger charge is -2.14. The minimum absolute atomic E-state index is 0.0151. The largest absolute Gasteiger partial charge is 0.449 e. The van der Waals surface area contributed by atoms with Crippen molar-refractivity contribution >= 4 is 23.8 Å². The van der Waals surface area contributed by atoms with Gasteiger partial charge in [-0.15, -0.1) is 0 Å². The van der Waals surface area contributed by atoms with Crippen LogP contribution in [0.5, 0.6) is 0 Å². The fourth-order valence-corrected chi connectivity index (χ4v) is 3.77. The Bertz CT molecular complexity index is 1060. The third kappa shape index (κ3) is 4.07. The first kappa shape index (κ1) is 20.1. The highest BCUT2D eigenvalue weighted by Gasteiger charge is 2.28. The third-order valence-electron chi connectivity index (χ3n) is 5.02. The Morgan fingerprint density at radius 2 is 1.57 bits per heavy atom. The van der Waals surface area contributed by atoms with Gasteiger partial charge >= 0.3 is 6.09 Å². The van der Waals surface area contributed by atoms with Gasteiger partial charge in [0.05, 0.1) is 0 Å². The minimum atomic E-state index is -0.833. The fourth-order valence-electron chi connectivity index (χ4n) is 3.66. The molecule has 0 aromatic heterocycles. The van der Waals surface area contributed by atoms with E-state index in [1.54, 1.807) is 6.08 Å². The van der Waals surface area contributed by atoms with Crippen molar-refractivity contribution in [1.29, 1.82) is 0 Å². The van der Waals surface area contributed by atoms with Crippen molar-refractivity contribution in [3.05, 3.63) is 100 Å². The predicted octanol–water partition coefficient (Wildman–Crippen LogP) is 6.17. The zero-order valence-corrected chi connectivity index (χ0v) is 16.6. The van der Waals surface area contributed by atoms with Crippen LogP contribution in [0.2, 0.25) is 5.02 Å². The van der Waals surface area contributed by atoms with Gasteiger partial charge in [-0.2, -0.15) is 0 Å². The molecule has 6 heteroatoms. The van der Waals surface area contributed by atoms with E-state index in [-0.39, 0.29) is 19.1 Å². The molecule has 0 atom stereocenters. The predicted molar refractivity (Wildman–Crippen MR) is 113 cm³/mol. The van der Waals surface area contributed by atoms with Crippen LogP contribution in [0.15, 0.2) is 66.7 Å². The lowest BCUT2D eigenvalue weighted by molar-refractivity contribution is 0.144. The van der Waals surface area contributed by atoms with E-state index in [4.69, 9.17) is 16.3 Å². The number of carbonyl (C=O) groups excluding carboxylic acids is 1. The molecule has 0 radical (unpaired) electrons. The normalized spacial score (nSPS) is 12.6. The molecule has 0 saturated heterocycles. The molecule has 0 spiro atoms. The highest BCUT2D eigenvalue weighted by Crippen LogP contribution is 2.44. The molecule has 3 aromatic carbocycles. The molecule has 1 N–H and O–H groups in total. The Balaban J connectivity index is 1.34. The van der Waals surface area contributed by atoms with Crippen molar-refractivity contribution in [3.63, 3.8) is 0 Å². The summed E-state index contributed by atoms with van der Waals surface area (Å²) in [6.45, 7) is 0.375. The molecular weight excluding hydrogens is 408 g/mol. The number of fused-ring (bicyclic) bond motifs is 3. The standard InChI is InChI=1S/C24H18ClF2NO2/c25-23-21(26)12-15(13-22(23)27)6-5-11-28-24(29)30-14-20-18-9-3-1-7-16(18)17-8-2-4-10-19(17)20/h1-10,12-13,20H,11,14H2,(H,28,29). The van der Waals surface area contributed by atoms with Crippen molar-refractivity contribution < 1.29 is 18.3 Å². The number of hydrogen-bond acceptors (Lipinski definition) is 2. The fraction of sp³-hybridized carbons (Fsp3) is 0.125. The summed E-state index contributed by atoms with van der Waals surface area (Å²) in [7, 11) is 0. The average molecular weight is 426 g/mol. The molecule has 0 saturated carbocycles. The van der Waals surface area contributed by atoms with E-state index in [9.17, 15) is 13.6 Å². The van der Waals surface area contributed by atoms with Crippen LogP contribution in [0.1, 0.15) is 22.6 Å². The topological polar surface area (TPSA) is 38.3 Å². The number of halogens is 3. The summed E-state index contributed by atoms with van der Waals surface area (Å²) in [4.78, 5) is 12.1. The maximum absolute atomic E-state index is 13.4. The van der Waals surface area contributed by atoms with E-state index in [0.29, 0.717) is 5.56 Å². The second-order valence-electron chi connectivity index (χ2n) is 6.91. The van der Waals surface area contributed by atoms with Crippen LogP contribution in [-0.4, -0.2) is 19.2 Å². The van der Waals surface area contributed by atoms with Gasteiger partial charge in [-0.3, -0.25) is 0 Å². The van der Waals surface area contributed by atoms with Crippen LogP contribution in [-0.2, 0) is 4.74 Å². The number of carbonyl (C=O) groups is 1. The van der Waals surface area contributed by atoms with Crippen LogP contribution in [0.4, 0.5) is 13.6 Å². The molecule has 0 bridgehead atoms. The van der Waals surface area contributed by atoms with Gasteiger partial charge in [0.25, 0.3) is 0 Å². The van der Waals surface area contributed by atoms with Gasteiger partial charge in [0.15, 0.2) is 0 Å². The first-order valence-electron chi connectivity index (χ1n) is 9.44. The van der Waals surface area contributed by atoms with Gasteiger partial charge in [-0.05, 0) is 39.9 Å². The van der Waals surface area contributed by atoms with Gasteiger partial charge in [0.1, 0.15) is 23.3 Å². The summed E-state index contributed by atoms with van der Waals surface area (Å²) in [6, 6.07) is 18.4. The van der Waals surface area contributed by atoms with Gasteiger partial charge in [0, 0.05) is 12.5 Å². The van der Waals surface area contributed by atoms with Crippen molar-refractivity contribution in [1.82, 2.24) is 5.32 Å². The van der Waals surface area contributed by atoms with Crippen LogP contribution in [0, 0.1) is 11.6 Å². The molecule has 0 fully saturated rings. The van der Waals surface area contributed by atoms with Crippen molar-refractivity contribution in [2.45, 2.75) is 5.92 Å². The van der Waals surface area contributed by atoms with E-state index < -0.39 is 22.8 Å². The number of ether oxygens (including phenoxy) is 1. The van der Waals surface area contributed by atoms with E-state index in [0.717, 1.165) is 34.4 Å². The number of rotatable bonds is 5. The average Bonchev–Trinajstić information content (AvgIpc) is 3.07. The first-order chi connectivity index (χ1) is 14.5. The number of alkyl carbamates (subject to hydrolysis) is 1. The maximum atomic E-state index is 13.4. The van der Waals surface area contributed by atoms with Crippen LogP contribution in [0.25, 0.3) is 17.2 Å². The molecule has 0 aliphatic heterocycles. The second-order valence-corrected chi connectivity index (χ2v) is 7.29. The van der Waals surface area contributed by atoms with Crippen molar-refractivity contribution in [3.8, 4) is 11.1 Å². The molecule has 0 heterocycles. The van der Waals surface area contributed by atoms with Gasteiger partial charge in [0.2, 0.25) is 0 Å². The zero-order valence-electron chi connectivity index (χ0n) is 15.9. The molecule has 0 unspecified atom stereocenters. The maximum Gasteiger partial charge on any atom is 0.407 e. The summed E-state index contributed by atoms with van der Waals surface area (Å²) in [5.41, 5.74) is 4.90. The molecule has 1 aliphatic carbocycles. The Morgan fingerprint density at radius 1 is 1.00 bits per heavy atom. The van der Waals surface area contributed by atoms with E-state index in [1.165, 1.54) is 6.08 Å². The van der Waals surface area contributed by atoms with E-state index in [2.05, 4.69) is 17.4 Å². The summed E-state index contributed by atoms with van der Waals surface area (Å²) in [6.07, 6.45) is 2.51. The number of benzene rings is 3. The van der Waals surface area contributed by atoms with Crippen LogP contribution >= 0.6 is 11.6 Å². The third-order valence-corrected chi connectivity index (χ3v) is 5.39. The molecule has 4 rings (SSSR count). The minimum Gasteiger partial charge on any atom is -0.449 e. The number of hydrogen-bond donors (Lipinski definition) is 1. The molecule has 152 valence electrons. The number of amides is 1.